The maximum atomic E-state index is 6.83. The molecule has 30 heavy (non-hydrogen) atoms. The number of hydrogen-bond acceptors (Lipinski definition) is 4. The lowest BCUT2D eigenvalue weighted by Crippen LogP contribution is -2.39. The zero-order chi connectivity index (χ0) is 20.2. The van der Waals surface area contributed by atoms with Gasteiger partial charge in [0.05, 0.1) is 5.56 Å². The van der Waals surface area contributed by atoms with Crippen LogP contribution in [0.1, 0.15) is 43.5 Å². The van der Waals surface area contributed by atoms with Crippen molar-refractivity contribution in [3.05, 3.63) is 59.2 Å². The third kappa shape index (κ3) is 2.54. The summed E-state index contributed by atoms with van der Waals surface area (Å²) in [6.45, 7) is 3.13. The van der Waals surface area contributed by atoms with Crippen LogP contribution in [0.2, 0.25) is 0 Å². The molecular formula is C25H28N4O. The van der Waals surface area contributed by atoms with Crippen molar-refractivity contribution in [2.24, 2.45) is 4.99 Å². The zero-order valence-corrected chi connectivity index (χ0v) is 17.6. The number of nitrogens with one attached hydrogen (secondary N) is 1. The molecule has 0 bridgehead atoms. The lowest BCUT2D eigenvalue weighted by Gasteiger charge is -2.37. The Balaban J connectivity index is 1.63. The molecule has 5 aliphatic rings. The van der Waals surface area contributed by atoms with Gasteiger partial charge in [-0.2, -0.15) is 0 Å². The number of dihydropyridines is 1. The van der Waals surface area contributed by atoms with Crippen LogP contribution in [-0.2, 0) is 0 Å². The van der Waals surface area contributed by atoms with Crippen molar-refractivity contribution in [3.8, 4) is 5.88 Å². The van der Waals surface area contributed by atoms with E-state index in [4.69, 9.17) is 9.73 Å². The molecule has 4 atom stereocenters. The fourth-order valence-electron chi connectivity index (χ4n) is 5.36. The van der Waals surface area contributed by atoms with Gasteiger partial charge in [0.2, 0.25) is 5.88 Å². The summed E-state index contributed by atoms with van der Waals surface area (Å²) >= 11 is 0. The van der Waals surface area contributed by atoms with E-state index in [-0.39, 0.29) is 18.3 Å². The van der Waals surface area contributed by atoms with Gasteiger partial charge in [0, 0.05) is 24.4 Å². The van der Waals surface area contributed by atoms with Crippen molar-refractivity contribution in [2.45, 2.75) is 50.5 Å². The molecule has 1 aromatic rings. The Kier molecular flexibility index (Phi) is 4.13. The average molecular weight is 401 g/mol. The van der Waals surface area contributed by atoms with E-state index in [1.54, 1.807) is 0 Å². The Morgan fingerprint density at radius 2 is 2.10 bits per heavy atom. The molecule has 1 aromatic heterocycles. The first-order valence-corrected chi connectivity index (χ1v) is 11.1. The molecule has 154 valence electrons. The maximum Gasteiger partial charge on any atom is 0.206 e. The summed E-state index contributed by atoms with van der Waals surface area (Å²) < 4.78 is 9.20. The summed E-state index contributed by atoms with van der Waals surface area (Å²) in [7, 11) is 2.21. The van der Waals surface area contributed by atoms with Crippen molar-refractivity contribution >= 4 is 23.7 Å². The number of aromatic nitrogens is 1. The minimum Gasteiger partial charge on any atom is -0.468 e. The predicted molar refractivity (Wildman–Crippen MR) is 123 cm³/mol. The van der Waals surface area contributed by atoms with Gasteiger partial charge < -0.3 is 10.1 Å². The highest BCUT2D eigenvalue weighted by Gasteiger charge is 2.39. The Morgan fingerprint density at radius 3 is 3.03 bits per heavy atom. The normalized spacial score (nSPS) is 31.4. The van der Waals surface area contributed by atoms with Crippen LogP contribution in [0.15, 0.2) is 53.1 Å². The van der Waals surface area contributed by atoms with Gasteiger partial charge in [0.15, 0.2) is 0 Å². The molecule has 1 N–H and O–H groups in total. The van der Waals surface area contributed by atoms with Crippen molar-refractivity contribution in [1.29, 1.82) is 0 Å². The Morgan fingerprint density at radius 1 is 1.17 bits per heavy atom. The number of rotatable bonds is 1. The van der Waals surface area contributed by atoms with E-state index in [9.17, 15) is 0 Å². The molecule has 1 aliphatic carbocycles. The van der Waals surface area contributed by atoms with Crippen LogP contribution in [0.25, 0.3) is 11.6 Å². The number of anilines is 1. The molecular weight excluding hydrogens is 372 g/mol. The van der Waals surface area contributed by atoms with E-state index in [1.165, 1.54) is 22.3 Å². The number of allylic oxidation sites excluding steroid dienone is 4. The van der Waals surface area contributed by atoms with Crippen molar-refractivity contribution in [2.75, 3.05) is 18.9 Å². The van der Waals surface area contributed by atoms with E-state index >= 15 is 0 Å². The first-order chi connectivity index (χ1) is 14.7. The molecule has 5 heterocycles. The fraction of sp³-hybridized carbons (Fsp3) is 0.400. The quantitative estimate of drug-likeness (QED) is 0.702. The summed E-state index contributed by atoms with van der Waals surface area (Å²) in [5.74, 6) is 2.12. The average Bonchev–Trinajstić information content (AvgIpc) is 3.01. The summed E-state index contributed by atoms with van der Waals surface area (Å²) in [5, 5.41) is 3.65. The van der Waals surface area contributed by atoms with Crippen LogP contribution in [0.4, 0.5) is 5.82 Å². The van der Waals surface area contributed by atoms with Gasteiger partial charge in [-0.3, -0.25) is 14.5 Å². The molecule has 5 nitrogen and oxygen atoms in total. The second-order valence-electron chi connectivity index (χ2n) is 8.78. The van der Waals surface area contributed by atoms with Crippen LogP contribution >= 0.6 is 0 Å². The van der Waals surface area contributed by atoms with Gasteiger partial charge in [0.25, 0.3) is 0 Å². The fourth-order valence-corrected chi connectivity index (χ4v) is 5.36. The molecule has 6 rings (SSSR count). The molecule has 4 unspecified atom stereocenters. The lowest BCUT2D eigenvalue weighted by molar-refractivity contribution is 0.135. The smallest absolute Gasteiger partial charge is 0.206 e. The molecule has 0 aromatic carbocycles. The highest BCUT2D eigenvalue weighted by Crippen LogP contribution is 2.49. The standard InChI is InChI=1S/C25H28N4O/c1-16-8-5-13-21(28(16)2)29-24-19(11-6-15-27-24)22-17-9-3-4-10-18(17)23-20(30-25(22)29)12-7-14-26-23/h3,5-7,9,11-14,16,20-21,23,27H,4,8,10,15H2,1-2H3. The highest BCUT2D eigenvalue weighted by molar-refractivity contribution is 5.92. The van der Waals surface area contributed by atoms with Crippen molar-refractivity contribution < 1.29 is 4.74 Å². The molecule has 4 aliphatic heterocycles. The minimum atomic E-state index is -0.0675. The topological polar surface area (TPSA) is 41.8 Å². The number of likely N-dealkylation sites (N-methyl/N-ethyl adjacent to an activating group) is 1. The third-order valence-electron chi connectivity index (χ3n) is 7.06. The summed E-state index contributed by atoms with van der Waals surface area (Å²) in [4.78, 5) is 7.28. The molecule has 0 fully saturated rings. The zero-order valence-electron chi connectivity index (χ0n) is 17.6. The summed E-state index contributed by atoms with van der Waals surface area (Å²) in [6, 6.07) is 0.542. The number of aliphatic imine (C=N–C) groups is 1. The van der Waals surface area contributed by atoms with Gasteiger partial charge in [-0.25, -0.2) is 0 Å². The lowest BCUT2D eigenvalue weighted by atomic mass is 9.85. The number of hydrogen-bond donors (Lipinski definition) is 1. The van der Waals surface area contributed by atoms with E-state index < -0.39 is 0 Å². The number of ether oxygens (including phenoxy) is 1. The van der Waals surface area contributed by atoms with Gasteiger partial charge in [-0.15, -0.1) is 0 Å². The monoisotopic (exact) mass is 400 g/mol. The molecule has 0 saturated heterocycles. The van der Waals surface area contributed by atoms with Crippen LogP contribution < -0.4 is 10.1 Å². The first kappa shape index (κ1) is 18.0. The van der Waals surface area contributed by atoms with Gasteiger partial charge in [-0.1, -0.05) is 36.5 Å². The second kappa shape index (κ2) is 6.88. The Bertz CT molecular complexity index is 1070. The van der Waals surface area contributed by atoms with Crippen LogP contribution in [0.3, 0.4) is 0 Å². The molecule has 0 radical (unpaired) electrons. The Hall–Kier alpha value is -2.79. The minimum absolute atomic E-state index is 0.0607. The SMILES string of the molecule is CC1CC=CC(n2c3c(c4c2OC2C=CC=NC2C2=C4C=CCC2)C=CCN3)N1C. The number of fused-ring (bicyclic) bond motifs is 6. The van der Waals surface area contributed by atoms with Gasteiger partial charge >= 0.3 is 0 Å². The van der Waals surface area contributed by atoms with Gasteiger partial charge in [-0.05, 0) is 56.5 Å². The highest BCUT2D eigenvalue weighted by atomic mass is 16.5. The van der Waals surface area contributed by atoms with E-state index in [0.717, 1.165) is 37.5 Å². The number of nitrogens with zero attached hydrogens (tertiary/aromatic N) is 3. The Labute approximate surface area is 177 Å². The van der Waals surface area contributed by atoms with Gasteiger partial charge in [0.1, 0.15) is 24.1 Å². The predicted octanol–water partition coefficient (Wildman–Crippen LogP) is 4.58. The van der Waals surface area contributed by atoms with Crippen molar-refractivity contribution in [1.82, 2.24) is 9.47 Å². The molecule has 0 spiro atoms. The maximum absolute atomic E-state index is 6.83. The first-order valence-electron chi connectivity index (χ1n) is 11.1. The van der Waals surface area contributed by atoms with E-state index in [1.807, 2.05) is 12.3 Å². The van der Waals surface area contributed by atoms with Crippen LogP contribution in [-0.4, -0.2) is 47.5 Å². The summed E-state index contributed by atoms with van der Waals surface area (Å²) in [5.41, 5.74) is 5.16. The summed E-state index contributed by atoms with van der Waals surface area (Å²) in [6.07, 6.45) is 23.0. The van der Waals surface area contributed by atoms with Crippen LogP contribution in [0, 0.1) is 0 Å². The molecule has 0 saturated carbocycles. The van der Waals surface area contributed by atoms with Crippen LogP contribution in [0.5, 0.6) is 5.88 Å². The second-order valence-corrected chi connectivity index (χ2v) is 8.78. The van der Waals surface area contributed by atoms with E-state index in [0.29, 0.717) is 6.04 Å². The molecule has 5 heteroatoms. The van der Waals surface area contributed by atoms with Crippen molar-refractivity contribution in [3.63, 3.8) is 0 Å². The third-order valence-corrected chi connectivity index (χ3v) is 7.06. The molecule has 0 amide bonds. The largest absolute Gasteiger partial charge is 0.468 e. The van der Waals surface area contributed by atoms with E-state index in [2.05, 4.69) is 71.3 Å².